The van der Waals surface area contributed by atoms with E-state index in [1.54, 1.807) is 0 Å². The monoisotopic (exact) mass is 400 g/mol. The predicted molar refractivity (Wildman–Crippen MR) is 118 cm³/mol. The number of allylic oxidation sites excluding steroid dienone is 1. The van der Waals surface area contributed by atoms with Crippen molar-refractivity contribution in [2.75, 3.05) is 17.2 Å². The summed E-state index contributed by atoms with van der Waals surface area (Å²) in [6.07, 6.45) is 5.14. The summed E-state index contributed by atoms with van der Waals surface area (Å²) >= 11 is 5.98. The van der Waals surface area contributed by atoms with E-state index in [0.29, 0.717) is 5.95 Å². The van der Waals surface area contributed by atoms with Gasteiger partial charge in [0.2, 0.25) is 11.9 Å². The molecule has 6 heteroatoms. The van der Waals surface area contributed by atoms with Crippen molar-refractivity contribution in [2.24, 2.45) is 5.92 Å². The lowest BCUT2D eigenvalue weighted by atomic mass is 10.00. The van der Waals surface area contributed by atoms with Crippen molar-refractivity contribution in [1.29, 1.82) is 0 Å². The molecule has 0 saturated carbocycles. The molecule has 28 heavy (non-hydrogen) atoms. The van der Waals surface area contributed by atoms with Crippen LogP contribution in [0.2, 0.25) is 5.02 Å². The smallest absolute Gasteiger partial charge is 0.231 e. The third kappa shape index (κ3) is 6.06. The first-order valence-electron chi connectivity index (χ1n) is 9.68. The van der Waals surface area contributed by atoms with Crippen molar-refractivity contribution in [2.45, 2.75) is 47.0 Å². The normalized spacial score (nSPS) is 12.4. The van der Waals surface area contributed by atoms with Crippen LogP contribution in [-0.4, -0.2) is 22.4 Å². The van der Waals surface area contributed by atoms with Gasteiger partial charge in [-0.15, -0.1) is 0 Å². The standard InChI is InChI=1S/C22H29ClN4O/c1-6-13-24-20-19(12-7-15(4)17-8-10-18(23)11-9-17)16(5)25-22(26-20)27-21(28)14(2)3/h7-12,14-15H,6,13H2,1-5H3,(H2,24,25,26,27,28)/b12-7+. The molecule has 1 atom stereocenters. The van der Waals surface area contributed by atoms with Gasteiger partial charge >= 0.3 is 0 Å². The third-order valence-electron chi connectivity index (χ3n) is 4.39. The maximum atomic E-state index is 12.0. The van der Waals surface area contributed by atoms with Crippen molar-refractivity contribution in [3.63, 3.8) is 0 Å². The summed E-state index contributed by atoms with van der Waals surface area (Å²) in [4.78, 5) is 21.0. The molecule has 5 nitrogen and oxygen atoms in total. The average molecular weight is 401 g/mol. The van der Waals surface area contributed by atoms with Gasteiger partial charge in [0.15, 0.2) is 0 Å². The predicted octanol–water partition coefficient (Wildman–Crippen LogP) is 5.67. The Hall–Kier alpha value is -2.40. The van der Waals surface area contributed by atoms with E-state index in [-0.39, 0.29) is 17.7 Å². The molecule has 0 aliphatic rings. The van der Waals surface area contributed by atoms with Crippen LogP contribution in [0.15, 0.2) is 30.3 Å². The van der Waals surface area contributed by atoms with E-state index in [1.807, 2.05) is 51.1 Å². The topological polar surface area (TPSA) is 66.9 Å². The molecule has 2 N–H and O–H groups in total. The van der Waals surface area contributed by atoms with Gasteiger partial charge in [0.1, 0.15) is 5.82 Å². The highest BCUT2D eigenvalue weighted by Crippen LogP contribution is 2.24. The van der Waals surface area contributed by atoms with Gasteiger partial charge in [-0.2, -0.15) is 4.98 Å². The van der Waals surface area contributed by atoms with Gasteiger partial charge < -0.3 is 5.32 Å². The van der Waals surface area contributed by atoms with E-state index in [1.165, 1.54) is 5.56 Å². The average Bonchev–Trinajstić information content (AvgIpc) is 2.65. The lowest BCUT2D eigenvalue weighted by molar-refractivity contribution is -0.118. The van der Waals surface area contributed by atoms with Crippen molar-refractivity contribution >= 4 is 35.4 Å². The second-order valence-corrected chi connectivity index (χ2v) is 7.60. The van der Waals surface area contributed by atoms with Gasteiger partial charge in [0.25, 0.3) is 0 Å². The molecule has 0 fully saturated rings. The summed E-state index contributed by atoms with van der Waals surface area (Å²) in [5.41, 5.74) is 2.92. The molecule has 0 aliphatic heterocycles. The fourth-order valence-electron chi connectivity index (χ4n) is 2.59. The van der Waals surface area contributed by atoms with Crippen LogP contribution in [0.5, 0.6) is 0 Å². The van der Waals surface area contributed by atoms with Gasteiger partial charge in [-0.1, -0.05) is 63.6 Å². The maximum Gasteiger partial charge on any atom is 0.231 e. The molecule has 2 rings (SSSR count). The Labute approximate surface area is 172 Å². The Morgan fingerprint density at radius 1 is 1.18 bits per heavy atom. The summed E-state index contributed by atoms with van der Waals surface area (Å²) in [7, 11) is 0. The number of rotatable bonds is 8. The van der Waals surface area contributed by atoms with Crippen LogP contribution in [0.25, 0.3) is 6.08 Å². The molecular formula is C22H29ClN4O. The number of nitrogens with one attached hydrogen (secondary N) is 2. The summed E-state index contributed by atoms with van der Waals surface area (Å²) in [6.45, 7) is 10.6. The second-order valence-electron chi connectivity index (χ2n) is 7.16. The van der Waals surface area contributed by atoms with Crippen LogP contribution < -0.4 is 10.6 Å². The lowest BCUT2D eigenvalue weighted by Gasteiger charge is -2.14. The van der Waals surface area contributed by atoms with Crippen LogP contribution in [0.4, 0.5) is 11.8 Å². The SMILES string of the molecule is CCCNc1nc(NC(=O)C(C)C)nc(C)c1/C=C/C(C)c1ccc(Cl)cc1. The zero-order valence-electron chi connectivity index (χ0n) is 17.2. The number of carbonyl (C=O) groups is 1. The summed E-state index contributed by atoms with van der Waals surface area (Å²) in [5.74, 6) is 1.05. The third-order valence-corrected chi connectivity index (χ3v) is 4.64. The number of benzene rings is 1. The van der Waals surface area contributed by atoms with Crippen LogP contribution in [0.3, 0.4) is 0 Å². The zero-order chi connectivity index (χ0) is 20.7. The highest BCUT2D eigenvalue weighted by molar-refractivity contribution is 6.30. The highest BCUT2D eigenvalue weighted by atomic mass is 35.5. The number of anilines is 2. The van der Waals surface area contributed by atoms with Crippen molar-refractivity contribution in [3.05, 3.63) is 52.2 Å². The number of amides is 1. The minimum atomic E-state index is -0.129. The molecule has 2 aromatic rings. The van der Waals surface area contributed by atoms with E-state index >= 15 is 0 Å². The molecule has 0 saturated heterocycles. The van der Waals surface area contributed by atoms with Gasteiger partial charge in [0.05, 0.1) is 5.69 Å². The first-order chi connectivity index (χ1) is 13.3. The first-order valence-corrected chi connectivity index (χ1v) is 10.1. The molecule has 1 amide bonds. The van der Waals surface area contributed by atoms with Gasteiger partial charge in [-0.05, 0) is 37.0 Å². The van der Waals surface area contributed by atoms with Crippen molar-refractivity contribution < 1.29 is 4.79 Å². The summed E-state index contributed by atoms with van der Waals surface area (Å²) in [6, 6.07) is 7.86. The fourth-order valence-corrected chi connectivity index (χ4v) is 2.71. The molecule has 0 radical (unpaired) electrons. The number of halogens is 1. The summed E-state index contributed by atoms with van der Waals surface area (Å²) < 4.78 is 0. The molecule has 0 bridgehead atoms. The minimum absolute atomic E-state index is 0.0968. The van der Waals surface area contributed by atoms with Gasteiger partial charge in [-0.3, -0.25) is 10.1 Å². The summed E-state index contributed by atoms with van der Waals surface area (Å²) in [5, 5.41) is 6.86. The van der Waals surface area contributed by atoms with E-state index in [9.17, 15) is 4.79 Å². The Kier molecular flexibility index (Phi) is 8.00. The second kappa shape index (κ2) is 10.2. The lowest BCUT2D eigenvalue weighted by Crippen LogP contribution is -2.20. The number of hydrogen-bond acceptors (Lipinski definition) is 4. The highest BCUT2D eigenvalue weighted by Gasteiger charge is 2.14. The zero-order valence-corrected chi connectivity index (χ0v) is 18.0. The number of aryl methyl sites for hydroxylation is 1. The molecule has 1 aromatic heterocycles. The first kappa shape index (κ1) is 21.9. The van der Waals surface area contributed by atoms with Crippen molar-refractivity contribution in [1.82, 2.24) is 9.97 Å². The number of aromatic nitrogens is 2. The van der Waals surface area contributed by atoms with E-state index in [2.05, 4.69) is 40.5 Å². The van der Waals surface area contributed by atoms with Crippen LogP contribution in [-0.2, 0) is 4.79 Å². The van der Waals surface area contributed by atoms with E-state index in [4.69, 9.17) is 11.6 Å². The molecule has 0 aliphatic carbocycles. The Morgan fingerprint density at radius 3 is 2.46 bits per heavy atom. The Balaban J connectivity index is 2.30. The quantitative estimate of drug-likeness (QED) is 0.598. The van der Waals surface area contributed by atoms with E-state index < -0.39 is 0 Å². The number of hydrogen-bond donors (Lipinski definition) is 2. The molecular weight excluding hydrogens is 372 g/mol. The molecule has 1 heterocycles. The Bertz CT molecular complexity index is 831. The van der Waals surface area contributed by atoms with Crippen LogP contribution in [0, 0.1) is 12.8 Å². The molecule has 0 spiro atoms. The number of carbonyl (C=O) groups excluding carboxylic acids is 1. The fraction of sp³-hybridized carbons (Fsp3) is 0.409. The van der Waals surface area contributed by atoms with Gasteiger partial charge in [-0.25, -0.2) is 4.98 Å². The Morgan fingerprint density at radius 2 is 1.86 bits per heavy atom. The maximum absolute atomic E-state index is 12.0. The van der Waals surface area contributed by atoms with Crippen LogP contribution >= 0.6 is 11.6 Å². The molecule has 150 valence electrons. The van der Waals surface area contributed by atoms with Gasteiger partial charge in [0, 0.05) is 23.0 Å². The van der Waals surface area contributed by atoms with E-state index in [0.717, 1.165) is 35.1 Å². The van der Waals surface area contributed by atoms with Crippen molar-refractivity contribution in [3.8, 4) is 0 Å². The molecule has 1 aromatic carbocycles. The minimum Gasteiger partial charge on any atom is -0.369 e. The number of nitrogens with zero attached hydrogens (tertiary/aromatic N) is 2. The largest absolute Gasteiger partial charge is 0.369 e. The van der Waals surface area contributed by atoms with Crippen LogP contribution in [0.1, 0.15) is 56.9 Å². The molecule has 1 unspecified atom stereocenters.